The minimum absolute atomic E-state index is 0. The molecule has 1 unspecified atom stereocenters. The van der Waals surface area contributed by atoms with Crippen LogP contribution in [0.5, 0.6) is 0 Å². The molecule has 4 nitrogen and oxygen atoms in total. The Balaban J connectivity index is 0.00000161. The summed E-state index contributed by atoms with van der Waals surface area (Å²) >= 11 is 5.14. The number of hydrogen-bond acceptors (Lipinski definition) is 4. The lowest BCUT2D eigenvalue weighted by Gasteiger charge is -2.32. The molecule has 1 N–H and O–H groups in total. The monoisotopic (exact) mass is 393 g/mol. The molecule has 0 saturated carbocycles. The van der Waals surface area contributed by atoms with E-state index in [1.165, 1.54) is 4.88 Å². The molecule has 0 spiro atoms. The topological polar surface area (TPSA) is 35.6 Å². The van der Waals surface area contributed by atoms with Gasteiger partial charge in [0.1, 0.15) is 0 Å². The number of carbonyl (C=O) groups is 1. The Morgan fingerprint density at radius 2 is 2.10 bits per heavy atom. The van der Waals surface area contributed by atoms with Crippen LogP contribution in [0.4, 0.5) is 0 Å². The van der Waals surface area contributed by atoms with Gasteiger partial charge in [-0.25, -0.2) is 0 Å². The lowest BCUT2D eigenvalue weighted by atomic mass is 10.2. The molecule has 1 aromatic heterocycles. The van der Waals surface area contributed by atoms with Crippen LogP contribution in [0.1, 0.15) is 21.7 Å². The SMILES string of the molecule is Cc1cc(C(=O)N2CCC(N3CCNCC3)C2)c(Br)s1.Cl. The number of hydrogen-bond donors (Lipinski definition) is 1. The zero-order chi connectivity index (χ0) is 14.1. The summed E-state index contributed by atoms with van der Waals surface area (Å²) in [6.07, 6.45) is 1.10. The predicted molar refractivity (Wildman–Crippen MR) is 92.8 cm³/mol. The Hall–Kier alpha value is -0.140. The number of amides is 1. The number of aryl methyl sites for hydroxylation is 1. The number of rotatable bonds is 2. The number of carbonyl (C=O) groups excluding carboxylic acids is 1. The molecule has 0 radical (unpaired) electrons. The Morgan fingerprint density at radius 1 is 1.38 bits per heavy atom. The number of thiophene rings is 1. The van der Waals surface area contributed by atoms with Crippen molar-refractivity contribution in [2.75, 3.05) is 39.3 Å². The third-order valence-electron chi connectivity index (χ3n) is 4.16. The molecule has 1 aromatic rings. The van der Waals surface area contributed by atoms with Crippen LogP contribution < -0.4 is 5.32 Å². The second-order valence-corrected chi connectivity index (χ2v) is 8.10. The summed E-state index contributed by atoms with van der Waals surface area (Å²) in [5.74, 6) is 0.179. The maximum atomic E-state index is 12.6. The van der Waals surface area contributed by atoms with Gasteiger partial charge in [0.25, 0.3) is 5.91 Å². The van der Waals surface area contributed by atoms with Crippen LogP contribution in [0.15, 0.2) is 9.85 Å². The van der Waals surface area contributed by atoms with Crippen LogP contribution in [0, 0.1) is 6.92 Å². The molecular formula is C14H21BrClN3OS. The van der Waals surface area contributed by atoms with Gasteiger partial charge >= 0.3 is 0 Å². The highest BCUT2D eigenvalue weighted by atomic mass is 79.9. The third kappa shape index (κ3) is 3.79. The van der Waals surface area contributed by atoms with E-state index in [1.54, 1.807) is 11.3 Å². The zero-order valence-corrected chi connectivity index (χ0v) is 15.3. The highest BCUT2D eigenvalue weighted by Crippen LogP contribution is 2.29. The van der Waals surface area contributed by atoms with Crippen molar-refractivity contribution in [1.29, 1.82) is 0 Å². The van der Waals surface area contributed by atoms with E-state index in [1.807, 2.05) is 17.9 Å². The van der Waals surface area contributed by atoms with E-state index in [0.717, 1.165) is 55.0 Å². The molecule has 2 fully saturated rings. The summed E-state index contributed by atoms with van der Waals surface area (Å²) < 4.78 is 0.964. The molecular weight excluding hydrogens is 374 g/mol. The molecule has 2 aliphatic rings. The summed E-state index contributed by atoms with van der Waals surface area (Å²) in [6, 6.07) is 2.54. The predicted octanol–water partition coefficient (Wildman–Crippen LogP) is 2.36. The average Bonchev–Trinajstić information content (AvgIpc) is 3.06. The molecule has 2 saturated heterocycles. The van der Waals surface area contributed by atoms with Crippen LogP contribution in [0.25, 0.3) is 0 Å². The van der Waals surface area contributed by atoms with Crippen molar-refractivity contribution >= 4 is 45.6 Å². The first-order valence-corrected chi connectivity index (χ1v) is 8.76. The molecule has 0 aliphatic carbocycles. The lowest BCUT2D eigenvalue weighted by Crippen LogP contribution is -2.49. The van der Waals surface area contributed by atoms with Gasteiger partial charge in [0.15, 0.2) is 0 Å². The van der Waals surface area contributed by atoms with Crippen molar-refractivity contribution < 1.29 is 4.79 Å². The van der Waals surface area contributed by atoms with Gasteiger partial charge in [0.2, 0.25) is 0 Å². The summed E-state index contributed by atoms with van der Waals surface area (Å²) in [6.45, 7) is 8.15. The normalized spacial score (nSPS) is 23.1. The lowest BCUT2D eigenvalue weighted by molar-refractivity contribution is 0.0773. The molecule has 1 atom stereocenters. The second kappa shape index (κ2) is 7.42. The van der Waals surface area contributed by atoms with Crippen molar-refractivity contribution in [2.45, 2.75) is 19.4 Å². The van der Waals surface area contributed by atoms with Gasteiger partial charge in [-0.1, -0.05) is 0 Å². The second-order valence-electron chi connectivity index (χ2n) is 5.52. The number of likely N-dealkylation sites (tertiary alicyclic amines) is 1. The first kappa shape index (κ1) is 17.2. The van der Waals surface area contributed by atoms with Gasteiger partial charge in [0.05, 0.1) is 9.35 Å². The summed E-state index contributed by atoms with van der Waals surface area (Å²) in [4.78, 5) is 18.3. The van der Waals surface area contributed by atoms with E-state index >= 15 is 0 Å². The number of piperazine rings is 1. The maximum absolute atomic E-state index is 12.6. The molecule has 3 rings (SSSR count). The van der Waals surface area contributed by atoms with Crippen LogP contribution in [-0.2, 0) is 0 Å². The fourth-order valence-corrected chi connectivity index (χ4v) is 4.84. The summed E-state index contributed by atoms with van der Waals surface area (Å²) in [5.41, 5.74) is 0.827. The molecule has 7 heteroatoms. The highest BCUT2D eigenvalue weighted by Gasteiger charge is 2.32. The van der Waals surface area contributed by atoms with Gasteiger partial charge in [-0.2, -0.15) is 0 Å². The van der Waals surface area contributed by atoms with Crippen molar-refractivity contribution in [3.8, 4) is 0 Å². The zero-order valence-electron chi connectivity index (χ0n) is 12.1. The quantitative estimate of drug-likeness (QED) is 0.836. The molecule has 21 heavy (non-hydrogen) atoms. The van der Waals surface area contributed by atoms with Gasteiger partial charge in [-0.15, -0.1) is 23.7 Å². The minimum atomic E-state index is 0. The Labute approximate surface area is 144 Å². The fraction of sp³-hybridized carbons (Fsp3) is 0.643. The van der Waals surface area contributed by atoms with Crippen molar-refractivity contribution in [3.05, 3.63) is 20.3 Å². The number of halogens is 2. The van der Waals surface area contributed by atoms with Gasteiger partial charge in [-0.05, 0) is 35.3 Å². The minimum Gasteiger partial charge on any atom is -0.337 e. The first-order valence-electron chi connectivity index (χ1n) is 7.15. The number of nitrogens with one attached hydrogen (secondary N) is 1. The summed E-state index contributed by atoms with van der Waals surface area (Å²) in [5, 5.41) is 3.38. The first-order chi connectivity index (χ1) is 9.65. The van der Waals surface area contributed by atoms with E-state index in [2.05, 4.69) is 26.1 Å². The Bertz CT molecular complexity index is 504. The van der Waals surface area contributed by atoms with E-state index in [9.17, 15) is 4.79 Å². The Morgan fingerprint density at radius 3 is 2.71 bits per heavy atom. The molecule has 118 valence electrons. The molecule has 3 heterocycles. The van der Waals surface area contributed by atoms with E-state index in [4.69, 9.17) is 0 Å². The van der Waals surface area contributed by atoms with Crippen LogP contribution in [-0.4, -0.2) is 61.0 Å². The molecule has 1 amide bonds. The highest BCUT2D eigenvalue weighted by molar-refractivity contribution is 9.11. The number of nitrogens with zero attached hydrogens (tertiary/aromatic N) is 2. The van der Waals surface area contributed by atoms with Crippen molar-refractivity contribution in [3.63, 3.8) is 0 Å². The maximum Gasteiger partial charge on any atom is 0.255 e. The standard InChI is InChI=1S/C14H20BrN3OS.ClH/c1-10-8-12(13(15)20-10)14(19)18-5-2-11(9-18)17-6-3-16-4-7-17;/h8,11,16H,2-7,9H2,1H3;1H. The van der Waals surface area contributed by atoms with E-state index in [-0.39, 0.29) is 18.3 Å². The van der Waals surface area contributed by atoms with E-state index in [0.29, 0.717) is 6.04 Å². The van der Waals surface area contributed by atoms with Crippen LogP contribution in [0.3, 0.4) is 0 Å². The third-order valence-corrected chi connectivity index (χ3v) is 5.91. The van der Waals surface area contributed by atoms with Crippen LogP contribution in [0.2, 0.25) is 0 Å². The van der Waals surface area contributed by atoms with Gasteiger partial charge in [-0.3, -0.25) is 9.69 Å². The average molecular weight is 395 g/mol. The molecule has 2 aliphatic heterocycles. The largest absolute Gasteiger partial charge is 0.337 e. The Kier molecular flexibility index (Phi) is 6.08. The molecule has 0 bridgehead atoms. The smallest absolute Gasteiger partial charge is 0.255 e. The van der Waals surface area contributed by atoms with Crippen LogP contribution >= 0.6 is 39.7 Å². The van der Waals surface area contributed by atoms with Gasteiger partial charge < -0.3 is 10.2 Å². The van der Waals surface area contributed by atoms with E-state index < -0.39 is 0 Å². The van der Waals surface area contributed by atoms with Gasteiger partial charge in [0, 0.05) is 50.2 Å². The molecule has 0 aromatic carbocycles. The van der Waals surface area contributed by atoms with Crippen molar-refractivity contribution in [2.24, 2.45) is 0 Å². The summed E-state index contributed by atoms with van der Waals surface area (Å²) in [7, 11) is 0. The van der Waals surface area contributed by atoms with Crippen molar-refractivity contribution in [1.82, 2.24) is 15.1 Å². The fourth-order valence-electron chi connectivity index (χ4n) is 3.07.